The number of likely N-dealkylation sites (N-methyl/N-ethyl adjacent to an activating group) is 1. The molecule has 0 unspecified atom stereocenters. The van der Waals surface area contributed by atoms with Crippen LogP contribution in [0.25, 0.3) is 0 Å². The molecule has 13 heavy (non-hydrogen) atoms. The average Bonchev–Trinajstić information content (AvgIpc) is 2.00. The summed E-state index contributed by atoms with van der Waals surface area (Å²) in [5.41, 5.74) is 0.459. The molecule has 2 saturated heterocycles. The molecule has 3 heteroatoms. The normalized spacial score (nSPS) is 29.5. The van der Waals surface area contributed by atoms with E-state index in [1.54, 1.807) is 0 Å². The van der Waals surface area contributed by atoms with Crippen molar-refractivity contribution in [2.24, 2.45) is 0 Å². The molecule has 0 radical (unpaired) electrons. The molecule has 2 rings (SSSR count). The molecule has 0 aromatic carbocycles. The van der Waals surface area contributed by atoms with Crippen molar-refractivity contribution in [3.05, 3.63) is 0 Å². The minimum atomic E-state index is 0.459. The highest BCUT2D eigenvalue weighted by molar-refractivity contribution is 5.07. The highest BCUT2D eigenvalue weighted by Gasteiger charge is 2.46. The van der Waals surface area contributed by atoms with Gasteiger partial charge in [-0.1, -0.05) is 0 Å². The molecule has 2 heterocycles. The van der Waals surface area contributed by atoms with Gasteiger partial charge < -0.3 is 10.2 Å². The summed E-state index contributed by atoms with van der Waals surface area (Å²) in [6.45, 7) is 10.7. The zero-order chi connectivity index (χ0) is 9.47. The Morgan fingerprint density at radius 2 is 1.92 bits per heavy atom. The topological polar surface area (TPSA) is 18.5 Å². The first-order chi connectivity index (χ1) is 6.14. The minimum Gasteiger partial charge on any atom is -0.313 e. The zero-order valence-corrected chi connectivity index (χ0v) is 9.01. The number of nitrogens with one attached hydrogen (secondary N) is 1. The van der Waals surface area contributed by atoms with Crippen molar-refractivity contribution >= 4 is 0 Å². The van der Waals surface area contributed by atoms with E-state index in [2.05, 4.69) is 36.0 Å². The maximum Gasteiger partial charge on any atom is 0.0588 e. The third-order valence-electron chi connectivity index (χ3n) is 3.43. The molecule has 0 aromatic heterocycles. The van der Waals surface area contributed by atoms with Crippen LogP contribution in [0.5, 0.6) is 0 Å². The molecular formula is C10H21N3. The summed E-state index contributed by atoms with van der Waals surface area (Å²) in [4.78, 5) is 5.13. The van der Waals surface area contributed by atoms with Gasteiger partial charge >= 0.3 is 0 Å². The smallest absolute Gasteiger partial charge is 0.0588 e. The number of nitrogens with zero attached hydrogens (tertiary/aromatic N) is 2. The van der Waals surface area contributed by atoms with E-state index in [1.165, 1.54) is 32.7 Å². The van der Waals surface area contributed by atoms with Crippen molar-refractivity contribution in [2.45, 2.75) is 25.4 Å². The van der Waals surface area contributed by atoms with Crippen LogP contribution in [0.1, 0.15) is 13.8 Å². The van der Waals surface area contributed by atoms with Crippen LogP contribution in [-0.4, -0.2) is 61.2 Å². The van der Waals surface area contributed by atoms with E-state index in [1.807, 2.05) is 0 Å². The molecule has 0 saturated carbocycles. The van der Waals surface area contributed by atoms with Crippen molar-refractivity contribution in [3.8, 4) is 0 Å². The van der Waals surface area contributed by atoms with E-state index < -0.39 is 0 Å². The highest BCUT2D eigenvalue weighted by atomic mass is 15.4. The Morgan fingerprint density at radius 3 is 2.38 bits per heavy atom. The lowest BCUT2D eigenvalue weighted by atomic mass is 9.86. The van der Waals surface area contributed by atoms with Crippen molar-refractivity contribution in [1.82, 2.24) is 15.1 Å². The number of hydrogen-bond donors (Lipinski definition) is 1. The first-order valence-electron chi connectivity index (χ1n) is 5.30. The Bertz CT molecular complexity index is 187. The van der Waals surface area contributed by atoms with E-state index in [4.69, 9.17) is 0 Å². The largest absolute Gasteiger partial charge is 0.313 e. The Labute approximate surface area is 81.1 Å². The highest BCUT2D eigenvalue weighted by Crippen LogP contribution is 2.26. The second-order valence-electron chi connectivity index (χ2n) is 4.85. The summed E-state index contributed by atoms with van der Waals surface area (Å²) in [6.07, 6.45) is 0. The van der Waals surface area contributed by atoms with Crippen molar-refractivity contribution < 1.29 is 0 Å². The quantitative estimate of drug-likeness (QED) is 0.616. The third kappa shape index (κ3) is 1.49. The van der Waals surface area contributed by atoms with Crippen molar-refractivity contribution in [2.75, 3.05) is 39.8 Å². The molecule has 76 valence electrons. The maximum atomic E-state index is 3.41. The molecule has 1 spiro atoms. The van der Waals surface area contributed by atoms with Gasteiger partial charge in [0.05, 0.1) is 5.54 Å². The zero-order valence-electron chi connectivity index (χ0n) is 9.01. The van der Waals surface area contributed by atoms with Gasteiger partial charge in [-0.2, -0.15) is 0 Å². The second kappa shape index (κ2) is 3.23. The van der Waals surface area contributed by atoms with Crippen LogP contribution < -0.4 is 5.32 Å². The number of piperazine rings is 1. The summed E-state index contributed by atoms with van der Waals surface area (Å²) in [5, 5.41) is 3.41. The van der Waals surface area contributed by atoms with Crippen molar-refractivity contribution in [3.63, 3.8) is 0 Å². The minimum absolute atomic E-state index is 0.459. The lowest BCUT2D eigenvalue weighted by Crippen LogP contribution is -2.76. The molecule has 0 aromatic rings. The first-order valence-corrected chi connectivity index (χ1v) is 5.30. The van der Waals surface area contributed by atoms with E-state index in [9.17, 15) is 0 Å². The summed E-state index contributed by atoms with van der Waals surface area (Å²) in [6, 6.07) is 0.691. The van der Waals surface area contributed by atoms with Gasteiger partial charge in [0.25, 0.3) is 0 Å². The Morgan fingerprint density at radius 1 is 1.23 bits per heavy atom. The molecule has 2 fully saturated rings. The lowest BCUT2D eigenvalue weighted by Gasteiger charge is -2.57. The summed E-state index contributed by atoms with van der Waals surface area (Å²) in [5.74, 6) is 0. The Hall–Kier alpha value is -0.120. The molecular weight excluding hydrogens is 162 g/mol. The van der Waals surface area contributed by atoms with Gasteiger partial charge in [0.15, 0.2) is 0 Å². The van der Waals surface area contributed by atoms with Crippen LogP contribution >= 0.6 is 0 Å². The van der Waals surface area contributed by atoms with E-state index in [0.717, 1.165) is 0 Å². The fraction of sp³-hybridized carbons (Fsp3) is 1.00. The predicted octanol–water partition coefficient (Wildman–Crippen LogP) is -0.0158. The monoisotopic (exact) mass is 183 g/mol. The van der Waals surface area contributed by atoms with Gasteiger partial charge in [0.1, 0.15) is 0 Å². The summed E-state index contributed by atoms with van der Waals surface area (Å²) in [7, 11) is 2.23. The molecule has 0 atom stereocenters. The Balaban J connectivity index is 2.08. The second-order valence-corrected chi connectivity index (χ2v) is 4.85. The molecule has 3 nitrogen and oxygen atoms in total. The van der Waals surface area contributed by atoms with Crippen molar-refractivity contribution in [1.29, 1.82) is 0 Å². The average molecular weight is 183 g/mol. The van der Waals surface area contributed by atoms with E-state index in [0.29, 0.717) is 11.6 Å². The molecule has 2 aliphatic heterocycles. The molecule has 0 bridgehead atoms. The van der Waals surface area contributed by atoms with Crippen LogP contribution in [0.15, 0.2) is 0 Å². The van der Waals surface area contributed by atoms with Gasteiger partial charge in [0, 0.05) is 38.8 Å². The van der Waals surface area contributed by atoms with Crippen LogP contribution in [0.4, 0.5) is 0 Å². The van der Waals surface area contributed by atoms with Gasteiger partial charge in [-0.05, 0) is 20.9 Å². The lowest BCUT2D eigenvalue weighted by molar-refractivity contribution is -0.0465. The van der Waals surface area contributed by atoms with Gasteiger partial charge in [0.2, 0.25) is 0 Å². The van der Waals surface area contributed by atoms with Gasteiger partial charge in [-0.25, -0.2) is 0 Å². The predicted molar refractivity (Wildman–Crippen MR) is 54.9 cm³/mol. The van der Waals surface area contributed by atoms with Crippen LogP contribution in [-0.2, 0) is 0 Å². The van der Waals surface area contributed by atoms with Gasteiger partial charge in [-0.15, -0.1) is 0 Å². The standard InChI is InChI=1S/C10H21N3/c1-9(2)13-5-4-12(3)8-10(13)6-11-7-10/h9,11H,4-8H2,1-3H3. The van der Waals surface area contributed by atoms with Gasteiger partial charge in [-0.3, -0.25) is 4.90 Å². The fourth-order valence-electron chi connectivity index (χ4n) is 2.72. The van der Waals surface area contributed by atoms with Crippen LogP contribution in [0.2, 0.25) is 0 Å². The number of rotatable bonds is 1. The third-order valence-corrected chi connectivity index (χ3v) is 3.43. The molecule has 1 N–H and O–H groups in total. The maximum absolute atomic E-state index is 3.41. The van der Waals surface area contributed by atoms with E-state index in [-0.39, 0.29) is 0 Å². The Kier molecular flexibility index (Phi) is 2.34. The van der Waals surface area contributed by atoms with E-state index >= 15 is 0 Å². The first kappa shape index (κ1) is 9.44. The SMILES string of the molecule is CC(C)N1CCN(C)CC12CNC2. The molecule has 0 aliphatic carbocycles. The van der Waals surface area contributed by atoms with Crippen LogP contribution in [0, 0.1) is 0 Å². The summed E-state index contributed by atoms with van der Waals surface area (Å²) < 4.78 is 0. The summed E-state index contributed by atoms with van der Waals surface area (Å²) >= 11 is 0. The fourth-order valence-corrected chi connectivity index (χ4v) is 2.72. The molecule has 2 aliphatic rings. The van der Waals surface area contributed by atoms with Crippen LogP contribution in [0.3, 0.4) is 0 Å². The molecule has 0 amide bonds. The number of hydrogen-bond acceptors (Lipinski definition) is 3.